The number of rotatable bonds is 7. The van der Waals surface area contributed by atoms with E-state index in [0.29, 0.717) is 30.6 Å². The summed E-state index contributed by atoms with van der Waals surface area (Å²) in [4.78, 5) is 31.5. The summed E-state index contributed by atoms with van der Waals surface area (Å²) in [5.74, 6) is 0.439. The number of fused-ring (bicyclic) bond motifs is 1. The third-order valence-electron chi connectivity index (χ3n) is 4.98. The summed E-state index contributed by atoms with van der Waals surface area (Å²) < 4.78 is 6.43. The van der Waals surface area contributed by atoms with E-state index >= 15 is 0 Å². The molecule has 2 heterocycles. The van der Waals surface area contributed by atoms with E-state index in [1.165, 1.54) is 18.4 Å². The molecule has 2 aromatic heterocycles. The first-order valence-electron chi connectivity index (χ1n) is 9.85. The van der Waals surface area contributed by atoms with Crippen molar-refractivity contribution >= 4 is 27.5 Å². The van der Waals surface area contributed by atoms with Crippen LogP contribution in [0.2, 0.25) is 0 Å². The molecule has 0 bridgehead atoms. The number of aromatic nitrogens is 2. The Labute approximate surface area is 178 Å². The third-order valence-corrected chi connectivity index (χ3v) is 6.06. The largest absolute Gasteiger partial charge is 0.469 e. The second kappa shape index (κ2) is 9.05. The molecule has 4 aromatic rings. The molecule has 0 spiro atoms. The van der Waals surface area contributed by atoms with Gasteiger partial charge in [-0.05, 0) is 23.6 Å². The van der Waals surface area contributed by atoms with Crippen molar-refractivity contribution in [1.29, 1.82) is 0 Å². The Morgan fingerprint density at radius 3 is 2.47 bits per heavy atom. The lowest BCUT2D eigenvalue weighted by Crippen LogP contribution is -2.25. The third kappa shape index (κ3) is 4.33. The van der Waals surface area contributed by atoms with Crippen LogP contribution in [0.4, 0.5) is 0 Å². The number of thiophene rings is 1. The van der Waals surface area contributed by atoms with Crippen molar-refractivity contribution in [3.63, 3.8) is 0 Å². The van der Waals surface area contributed by atoms with Gasteiger partial charge in [0.15, 0.2) is 0 Å². The van der Waals surface area contributed by atoms with Crippen LogP contribution in [0.5, 0.6) is 0 Å². The normalized spacial score (nSPS) is 11.0. The summed E-state index contributed by atoms with van der Waals surface area (Å²) in [5.41, 5.74) is 2.10. The fourth-order valence-electron chi connectivity index (χ4n) is 3.43. The van der Waals surface area contributed by atoms with Gasteiger partial charge in [0.05, 0.1) is 12.5 Å². The molecule has 0 aliphatic heterocycles. The molecule has 0 unspecified atom stereocenters. The minimum Gasteiger partial charge on any atom is -0.469 e. The summed E-state index contributed by atoms with van der Waals surface area (Å²) >= 11 is 1.53. The van der Waals surface area contributed by atoms with Gasteiger partial charge in [-0.3, -0.25) is 14.2 Å². The number of hydrogen-bond donors (Lipinski definition) is 0. The molecule has 2 aromatic carbocycles. The molecule has 5 nitrogen and oxygen atoms in total. The molecule has 30 heavy (non-hydrogen) atoms. The second-order valence-corrected chi connectivity index (χ2v) is 8.05. The summed E-state index contributed by atoms with van der Waals surface area (Å²) in [6, 6.07) is 21.9. The smallest absolute Gasteiger partial charge is 0.305 e. The lowest BCUT2D eigenvalue weighted by molar-refractivity contribution is -0.140. The molecule has 0 radical (unpaired) electrons. The Hall–Kier alpha value is -3.25. The van der Waals surface area contributed by atoms with Gasteiger partial charge in [0.1, 0.15) is 10.7 Å². The van der Waals surface area contributed by atoms with Gasteiger partial charge in [0.2, 0.25) is 0 Å². The number of ether oxygens (including phenoxy) is 1. The standard InChI is InChI=1S/C24H22N2O3S/c1-29-22(27)13-8-14-26-21(15-17-9-4-2-5-10-17)25-23-19(24(26)28)16-20(30-23)18-11-6-3-7-12-18/h2-7,9-12,16H,8,13-15H2,1H3. The monoisotopic (exact) mass is 418 g/mol. The summed E-state index contributed by atoms with van der Waals surface area (Å²) in [5, 5.41) is 0.619. The highest BCUT2D eigenvalue weighted by molar-refractivity contribution is 7.21. The van der Waals surface area contributed by atoms with Crippen molar-refractivity contribution in [1.82, 2.24) is 9.55 Å². The van der Waals surface area contributed by atoms with Gasteiger partial charge in [-0.2, -0.15) is 0 Å². The van der Waals surface area contributed by atoms with Crippen molar-refractivity contribution in [3.05, 3.63) is 88.5 Å². The molecule has 0 aliphatic rings. The zero-order chi connectivity index (χ0) is 20.9. The van der Waals surface area contributed by atoms with Gasteiger partial charge < -0.3 is 4.74 Å². The molecule has 0 saturated carbocycles. The maximum atomic E-state index is 13.3. The summed E-state index contributed by atoms with van der Waals surface area (Å²) in [6.45, 7) is 0.426. The van der Waals surface area contributed by atoms with Crippen molar-refractivity contribution in [2.24, 2.45) is 0 Å². The predicted molar refractivity (Wildman–Crippen MR) is 120 cm³/mol. The van der Waals surface area contributed by atoms with Gasteiger partial charge in [0, 0.05) is 24.3 Å². The van der Waals surface area contributed by atoms with Gasteiger partial charge >= 0.3 is 5.97 Å². The van der Waals surface area contributed by atoms with Gasteiger partial charge in [-0.15, -0.1) is 11.3 Å². The molecular formula is C24H22N2O3S. The molecule has 0 atom stereocenters. The van der Waals surface area contributed by atoms with Crippen LogP contribution >= 0.6 is 11.3 Å². The number of nitrogens with zero attached hydrogens (tertiary/aromatic N) is 2. The Bertz CT molecular complexity index is 1210. The van der Waals surface area contributed by atoms with Crippen LogP contribution in [0.15, 0.2) is 71.5 Å². The topological polar surface area (TPSA) is 61.2 Å². The molecule has 0 saturated heterocycles. The van der Waals surface area contributed by atoms with E-state index in [-0.39, 0.29) is 17.9 Å². The van der Waals surface area contributed by atoms with Gasteiger partial charge in [-0.1, -0.05) is 60.7 Å². The fourth-order valence-corrected chi connectivity index (χ4v) is 4.48. The Morgan fingerprint density at radius 2 is 1.77 bits per heavy atom. The Kier molecular flexibility index (Phi) is 6.05. The molecule has 4 rings (SSSR count). The lowest BCUT2D eigenvalue weighted by atomic mass is 10.1. The number of benzene rings is 2. The van der Waals surface area contributed by atoms with Crippen LogP contribution in [-0.2, 0) is 22.5 Å². The van der Waals surface area contributed by atoms with E-state index in [2.05, 4.69) is 0 Å². The molecule has 0 fully saturated rings. The van der Waals surface area contributed by atoms with Crippen LogP contribution < -0.4 is 5.56 Å². The number of methoxy groups -OCH3 is 1. The first-order chi connectivity index (χ1) is 14.7. The van der Waals surface area contributed by atoms with E-state index in [1.54, 1.807) is 4.57 Å². The first-order valence-corrected chi connectivity index (χ1v) is 10.7. The second-order valence-electron chi connectivity index (χ2n) is 7.02. The summed E-state index contributed by atoms with van der Waals surface area (Å²) in [6.07, 6.45) is 1.35. The van der Waals surface area contributed by atoms with Crippen LogP contribution in [0, 0.1) is 0 Å². The molecule has 0 amide bonds. The van der Waals surface area contributed by atoms with Crippen LogP contribution in [0.3, 0.4) is 0 Å². The maximum Gasteiger partial charge on any atom is 0.305 e. The van der Waals surface area contributed by atoms with Crippen molar-refractivity contribution in [3.8, 4) is 10.4 Å². The van der Waals surface area contributed by atoms with Crippen LogP contribution in [0.1, 0.15) is 24.2 Å². The highest BCUT2D eigenvalue weighted by atomic mass is 32.1. The number of hydrogen-bond acceptors (Lipinski definition) is 5. The molecule has 0 aliphatic carbocycles. The SMILES string of the molecule is COC(=O)CCCn1c(Cc2ccccc2)nc2sc(-c3ccccc3)cc2c1=O. The van der Waals surface area contributed by atoms with Crippen molar-refractivity contribution < 1.29 is 9.53 Å². The minimum atomic E-state index is -0.274. The van der Waals surface area contributed by atoms with E-state index in [9.17, 15) is 9.59 Å². The highest BCUT2D eigenvalue weighted by Gasteiger charge is 2.15. The Morgan fingerprint density at radius 1 is 1.07 bits per heavy atom. The maximum absolute atomic E-state index is 13.3. The minimum absolute atomic E-state index is 0.0609. The lowest BCUT2D eigenvalue weighted by Gasteiger charge is -2.12. The zero-order valence-corrected chi connectivity index (χ0v) is 17.5. The quantitative estimate of drug-likeness (QED) is 0.409. The number of carbonyl (C=O) groups is 1. The predicted octanol–water partition coefficient (Wildman–Crippen LogP) is 4.67. The Balaban J connectivity index is 1.76. The van der Waals surface area contributed by atoms with E-state index < -0.39 is 0 Å². The fraction of sp³-hybridized carbons (Fsp3) is 0.208. The average Bonchev–Trinajstić information content (AvgIpc) is 3.21. The highest BCUT2D eigenvalue weighted by Crippen LogP contribution is 2.31. The van der Waals surface area contributed by atoms with Crippen LogP contribution in [0.25, 0.3) is 20.7 Å². The first kappa shape index (κ1) is 20.0. The molecule has 152 valence electrons. The van der Waals surface area contributed by atoms with Crippen LogP contribution in [-0.4, -0.2) is 22.6 Å². The van der Waals surface area contributed by atoms with E-state index in [1.807, 2.05) is 66.7 Å². The number of esters is 1. The van der Waals surface area contributed by atoms with E-state index in [4.69, 9.17) is 9.72 Å². The summed E-state index contributed by atoms with van der Waals surface area (Å²) in [7, 11) is 1.37. The van der Waals surface area contributed by atoms with Crippen molar-refractivity contribution in [2.75, 3.05) is 7.11 Å². The molecular weight excluding hydrogens is 396 g/mol. The van der Waals surface area contributed by atoms with Gasteiger partial charge in [0.25, 0.3) is 5.56 Å². The van der Waals surface area contributed by atoms with E-state index in [0.717, 1.165) is 20.8 Å². The van der Waals surface area contributed by atoms with Crippen molar-refractivity contribution in [2.45, 2.75) is 25.8 Å². The average molecular weight is 419 g/mol. The zero-order valence-electron chi connectivity index (χ0n) is 16.7. The number of carbonyl (C=O) groups excluding carboxylic acids is 1. The molecule has 6 heteroatoms. The molecule has 0 N–H and O–H groups in total. The van der Waals surface area contributed by atoms with Gasteiger partial charge in [-0.25, -0.2) is 4.98 Å².